The average Bonchev–Trinajstić information content (AvgIpc) is 2.68. The van der Waals surface area contributed by atoms with Crippen molar-refractivity contribution in [1.82, 2.24) is 10.6 Å². The van der Waals surface area contributed by atoms with Crippen LogP contribution in [0.3, 0.4) is 0 Å². The molecule has 2 saturated heterocycles. The topological polar surface area (TPSA) is 68.8 Å². The van der Waals surface area contributed by atoms with Gasteiger partial charge < -0.3 is 24.8 Å². The number of carbonyl (C=O) groups excluding carboxylic acids is 1. The van der Waals surface area contributed by atoms with Crippen LogP contribution in [-0.2, 0) is 19.7 Å². The highest BCUT2D eigenvalue weighted by Gasteiger charge is 2.36. The predicted octanol–water partition coefficient (Wildman–Crippen LogP) is 2.05. The van der Waals surface area contributed by atoms with Gasteiger partial charge in [0.1, 0.15) is 11.8 Å². The van der Waals surface area contributed by atoms with Crippen LogP contribution in [-0.4, -0.2) is 57.6 Å². The highest BCUT2D eigenvalue weighted by molar-refractivity contribution is 5.85. The summed E-state index contributed by atoms with van der Waals surface area (Å²) in [5.41, 5.74) is 1.13. The van der Waals surface area contributed by atoms with Crippen LogP contribution in [0, 0.1) is 0 Å². The molecule has 1 aromatic rings. The van der Waals surface area contributed by atoms with Crippen LogP contribution in [0.15, 0.2) is 24.3 Å². The first kappa shape index (κ1) is 22.0. The molecule has 3 rings (SSSR count). The number of ether oxygens (including phenoxy) is 3. The number of nitrogens with one attached hydrogen (secondary N) is 2. The smallest absolute Gasteiger partial charge is 0.239 e. The molecule has 1 aromatic carbocycles. The van der Waals surface area contributed by atoms with Crippen molar-refractivity contribution in [2.24, 2.45) is 0 Å². The van der Waals surface area contributed by atoms with Gasteiger partial charge >= 0.3 is 0 Å². The fourth-order valence-corrected chi connectivity index (χ4v) is 3.79. The fourth-order valence-electron chi connectivity index (χ4n) is 3.79. The number of hydrogen-bond acceptors (Lipinski definition) is 5. The molecule has 27 heavy (non-hydrogen) atoms. The van der Waals surface area contributed by atoms with Gasteiger partial charge in [-0.3, -0.25) is 4.79 Å². The van der Waals surface area contributed by atoms with E-state index >= 15 is 0 Å². The molecule has 2 N–H and O–H groups in total. The van der Waals surface area contributed by atoms with E-state index < -0.39 is 0 Å². The number of benzene rings is 1. The number of morpholine rings is 1. The van der Waals surface area contributed by atoms with Crippen molar-refractivity contribution >= 4 is 18.3 Å². The first-order valence-corrected chi connectivity index (χ1v) is 9.58. The Balaban J connectivity index is 0.00000261. The van der Waals surface area contributed by atoms with Crippen LogP contribution in [0.25, 0.3) is 0 Å². The molecular weight excluding hydrogens is 368 g/mol. The lowest BCUT2D eigenvalue weighted by atomic mass is 9.74. The number of carbonyl (C=O) groups is 1. The van der Waals surface area contributed by atoms with E-state index in [1.165, 1.54) is 5.56 Å². The maximum absolute atomic E-state index is 12.7. The molecule has 2 aliphatic heterocycles. The van der Waals surface area contributed by atoms with Crippen molar-refractivity contribution in [2.75, 3.05) is 39.5 Å². The van der Waals surface area contributed by atoms with Crippen molar-refractivity contribution in [3.05, 3.63) is 29.8 Å². The highest BCUT2D eigenvalue weighted by Crippen LogP contribution is 2.35. The molecule has 0 bridgehead atoms. The fraction of sp³-hybridized carbons (Fsp3) is 0.650. The summed E-state index contributed by atoms with van der Waals surface area (Å²) in [5, 5.41) is 6.42. The Labute approximate surface area is 167 Å². The summed E-state index contributed by atoms with van der Waals surface area (Å²) in [6, 6.07) is 7.97. The normalized spacial score (nSPS) is 24.5. The summed E-state index contributed by atoms with van der Waals surface area (Å²) in [4.78, 5) is 12.7. The molecule has 0 radical (unpaired) electrons. The second kappa shape index (κ2) is 10.3. The van der Waals surface area contributed by atoms with E-state index in [4.69, 9.17) is 14.2 Å². The van der Waals surface area contributed by atoms with Crippen molar-refractivity contribution < 1.29 is 19.0 Å². The third kappa shape index (κ3) is 5.35. The molecule has 2 aliphatic rings. The molecule has 152 valence electrons. The Morgan fingerprint density at radius 1 is 1.26 bits per heavy atom. The summed E-state index contributed by atoms with van der Waals surface area (Å²) in [6.07, 6.45) is 1.68. The zero-order valence-corrected chi connectivity index (χ0v) is 17.0. The summed E-state index contributed by atoms with van der Waals surface area (Å²) < 4.78 is 16.7. The number of hydrogen-bond donors (Lipinski definition) is 2. The standard InChI is InChI=1S/C20H30N2O4.ClH/c1-3-25-17-6-4-16(5-7-17)20(8-11-24-12-9-20)14-22-19(23)18-15(2)26-13-10-21-18;/h4-7,15,18,21H,3,8-14H2,1-2H3,(H,22,23);1H/t15-,18+;/m1./s1. The van der Waals surface area contributed by atoms with E-state index in [0.29, 0.717) is 39.5 Å². The maximum atomic E-state index is 12.7. The molecule has 2 heterocycles. The molecule has 0 spiro atoms. The average molecular weight is 399 g/mol. The molecule has 2 atom stereocenters. The van der Waals surface area contributed by atoms with Crippen LogP contribution in [0.2, 0.25) is 0 Å². The first-order chi connectivity index (χ1) is 12.6. The zero-order valence-electron chi connectivity index (χ0n) is 16.2. The molecule has 0 saturated carbocycles. The lowest BCUT2D eigenvalue weighted by Gasteiger charge is -2.39. The minimum atomic E-state index is -0.291. The van der Waals surface area contributed by atoms with E-state index in [-0.39, 0.29) is 35.9 Å². The summed E-state index contributed by atoms with van der Waals surface area (Å²) in [6.45, 7) is 7.96. The SMILES string of the molecule is CCOc1ccc(C2(CNC(=O)[C@H]3NCCO[C@@H]3C)CCOCC2)cc1.Cl. The number of halogens is 1. The molecule has 6 nitrogen and oxygen atoms in total. The van der Waals surface area contributed by atoms with E-state index in [9.17, 15) is 4.79 Å². The molecular formula is C20H31ClN2O4. The van der Waals surface area contributed by atoms with Gasteiger partial charge in [0.15, 0.2) is 0 Å². The Bertz CT molecular complexity index is 590. The molecule has 0 aromatic heterocycles. The molecule has 2 fully saturated rings. The van der Waals surface area contributed by atoms with Gasteiger partial charge in [-0.15, -0.1) is 12.4 Å². The summed E-state index contributed by atoms with van der Waals surface area (Å²) in [7, 11) is 0. The number of amides is 1. The Hall–Kier alpha value is -1.34. The third-order valence-electron chi connectivity index (χ3n) is 5.43. The Kier molecular flexibility index (Phi) is 8.35. The first-order valence-electron chi connectivity index (χ1n) is 9.58. The molecule has 0 aliphatic carbocycles. The second-order valence-electron chi connectivity index (χ2n) is 7.08. The van der Waals surface area contributed by atoms with Gasteiger partial charge in [0.05, 0.1) is 19.3 Å². The van der Waals surface area contributed by atoms with Gasteiger partial charge in [-0.1, -0.05) is 12.1 Å². The van der Waals surface area contributed by atoms with E-state index in [1.807, 2.05) is 26.0 Å². The van der Waals surface area contributed by atoms with Gasteiger partial charge in [0.2, 0.25) is 5.91 Å². The van der Waals surface area contributed by atoms with Gasteiger partial charge in [-0.2, -0.15) is 0 Å². The predicted molar refractivity (Wildman–Crippen MR) is 107 cm³/mol. The van der Waals surface area contributed by atoms with Crippen molar-refractivity contribution in [2.45, 2.75) is 44.2 Å². The Morgan fingerprint density at radius 2 is 1.96 bits per heavy atom. The quantitative estimate of drug-likeness (QED) is 0.767. The number of rotatable bonds is 6. The molecule has 1 amide bonds. The largest absolute Gasteiger partial charge is 0.494 e. The molecule has 0 unspecified atom stereocenters. The van der Waals surface area contributed by atoms with Crippen molar-refractivity contribution in [1.29, 1.82) is 0 Å². The van der Waals surface area contributed by atoms with Crippen molar-refractivity contribution in [3.8, 4) is 5.75 Å². The second-order valence-corrected chi connectivity index (χ2v) is 7.08. The summed E-state index contributed by atoms with van der Waals surface area (Å²) in [5.74, 6) is 0.883. The van der Waals surface area contributed by atoms with Crippen LogP contribution < -0.4 is 15.4 Å². The van der Waals surface area contributed by atoms with Crippen LogP contribution in [0.4, 0.5) is 0 Å². The van der Waals surface area contributed by atoms with Gasteiger partial charge in [-0.25, -0.2) is 0 Å². The monoisotopic (exact) mass is 398 g/mol. The van der Waals surface area contributed by atoms with Gasteiger partial charge in [0.25, 0.3) is 0 Å². The van der Waals surface area contributed by atoms with Crippen molar-refractivity contribution in [3.63, 3.8) is 0 Å². The minimum absolute atomic E-state index is 0. The maximum Gasteiger partial charge on any atom is 0.239 e. The van der Waals surface area contributed by atoms with Crippen LogP contribution in [0.5, 0.6) is 5.75 Å². The molecule has 7 heteroatoms. The van der Waals surface area contributed by atoms with Gasteiger partial charge in [-0.05, 0) is 44.4 Å². The van der Waals surface area contributed by atoms with E-state index in [1.54, 1.807) is 0 Å². The zero-order chi connectivity index (χ0) is 18.4. The lowest BCUT2D eigenvalue weighted by Crippen LogP contribution is -2.57. The summed E-state index contributed by atoms with van der Waals surface area (Å²) >= 11 is 0. The third-order valence-corrected chi connectivity index (χ3v) is 5.43. The van der Waals surface area contributed by atoms with E-state index in [0.717, 1.165) is 18.6 Å². The van der Waals surface area contributed by atoms with Crippen LogP contribution >= 0.6 is 12.4 Å². The van der Waals surface area contributed by atoms with E-state index in [2.05, 4.69) is 22.8 Å². The highest BCUT2D eigenvalue weighted by atomic mass is 35.5. The van der Waals surface area contributed by atoms with Crippen LogP contribution in [0.1, 0.15) is 32.3 Å². The Morgan fingerprint density at radius 3 is 2.59 bits per heavy atom. The van der Waals surface area contributed by atoms with Gasteiger partial charge in [0, 0.05) is 31.7 Å². The minimum Gasteiger partial charge on any atom is -0.494 e. The lowest BCUT2D eigenvalue weighted by molar-refractivity contribution is -0.129.